The fourth-order valence-electron chi connectivity index (χ4n) is 1.31. The number of anilines is 1. The van der Waals surface area contributed by atoms with E-state index in [4.69, 9.17) is 10.5 Å². The summed E-state index contributed by atoms with van der Waals surface area (Å²) in [5, 5.41) is 2.64. The third-order valence-electron chi connectivity index (χ3n) is 2.61. The maximum atomic E-state index is 11.8. The Morgan fingerprint density at radius 3 is 2.78 bits per heavy atom. The van der Waals surface area contributed by atoms with Gasteiger partial charge in [0.2, 0.25) is 0 Å². The molecule has 1 aromatic carbocycles. The maximum Gasteiger partial charge on any atom is 0.251 e. The topological polar surface area (TPSA) is 81.4 Å². The van der Waals surface area contributed by atoms with Crippen LogP contribution in [0.3, 0.4) is 0 Å². The molecule has 0 saturated heterocycles. The number of ether oxygens (including phenoxy) is 1. The molecule has 2 atom stereocenters. The molecule has 0 spiro atoms. The van der Waals surface area contributed by atoms with Gasteiger partial charge in [0.15, 0.2) is 0 Å². The summed E-state index contributed by atoms with van der Waals surface area (Å²) < 4.78 is 16.2. The van der Waals surface area contributed by atoms with Gasteiger partial charge in [-0.2, -0.15) is 0 Å². The van der Waals surface area contributed by atoms with E-state index >= 15 is 0 Å². The van der Waals surface area contributed by atoms with Gasteiger partial charge in [0.25, 0.3) is 5.91 Å². The SMILES string of the molecule is COc1cc(C(=O)NCC(C)S(C)=O)ccc1N. The Kier molecular flexibility index (Phi) is 5.15. The van der Waals surface area contributed by atoms with Gasteiger partial charge in [-0.3, -0.25) is 9.00 Å². The predicted molar refractivity (Wildman–Crippen MR) is 73.3 cm³/mol. The summed E-state index contributed by atoms with van der Waals surface area (Å²) in [6.07, 6.45) is 1.61. The maximum absolute atomic E-state index is 11.8. The lowest BCUT2D eigenvalue weighted by molar-refractivity contribution is 0.0954. The highest BCUT2D eigenvalue weighted by Gasteiger charge is 2.11. The van der Waals surface area contributed by atoms with Crippen molar-refractivity contribution in [3.63, 3.8) is 0 Å². The Morgan fingerprint density at radius 2 is 2.22 bits per heavy atom. The van der Waals surface area contributed by atoms with Gasteiger partial charge in [0.1, 0.15) is 5.75 Å². The number of hydrogen-bond acceptors (Lipinski definition) is 4. The Labute approximate surface area is 109 Å². The van der Waals surface area contributed by atoms with E-state index in [9.17, 15) is 9.00 Å². The summed E-state index contributed by atoms with van der Waals surface area (Å²) >= 11 is 0. The summed E-state index contributed by atoms with van der Waals surface area (Å²) in [6, 6.07) is 4.83. The lowest BCUT2D eigenvalue weighted by Gasteiger charge is -2.11. The average Bonchev–Trinajstić information content (AvgIpc) is 2.35. The van der Waals surface area contributed by atoms with Crippen LogP contribution in [0.2, 0.25) is 0 Å². The first kappa shape index (κ1) is 14.5. The molecule has 0 saturated carbocycles. The quantitative estimate of drug-likeness (QED) is 0.775. The van der Waals surface area contributed by atoms with E-state index in [2.05, 4.69) is 5.32 Å². The average molecular weight is 270 g/mol. The molecule has 1 rings (SSSR count). The number of benzene rings is 1. The Balaban J connectivity index is 2.70. The number of rotatable bonds is 5. The number of nitrogens with one attached hydrogen (secondary N) is 1. The molecule has 0 radical (unpaired) electrons. The van der Waals surface area contributed by atoms with Crippen molar-refractivity contribution in [3.05, 3.63) is 23.8 Å². The van der Waals surface area contributed by atoms with Crippen LogP contribution in [0.1, 0.15) is 17.3 Å². The molecule has 0 bridgehead atoms. The number of carbonyl (C=O) groups is 1. The molecule has 0 aliphatic rings. The molecular formula is C12H18N2O3S. The zero-order chi connectivity index (χ0) is 13.7. The fraction of sp³-hybridized carbons (Fsp3) is 0.417. The predicted octanol–water partition coefficient (Wildman–Crippen LogP) is 0.774. The monoisotopic (exact) mass is 270 g/mol. The van der Waals surface area contributed by atoms with E-state index in [1.165, 1.54) is 7.11 Å². The number of methoxy groups -OCH3 is 1. The highest BCUT2D eigenvalue weighted by molar-refractivity contribution is 7.84. The first-order chi connectivity index (χ1) is 8.45. The second kappa shape index (κ2) is 6.39. The van der Waals surface area contributed by atoms with Crippen molar-refractivity contribution in [3.8, 4) is 5.75 Å². The molecule has 18 heavy (non-hydrogen) atoms. The third kappa shape index (κ3) is 3.73. The molecule has 0 aromatic heterocycles. The van der Waals surface area contributed by atoms with Crippen molar-refractivity contribution in [1.82, 2.24) is 5.32 Å². The second-order valence-corrected chi connectivity index (χ2v) is 5.78. The van der Waals surface area contributed by atoms with Gasteiger partial charge in [-0.05, 0) is 25.1 Å². The van der Waals surface area contributed by atoms with Crippen molar-refractivity contribution in [2.24, 2.45) is 0 Å². The molecule has 1 amide bonds. The zero-order valence-corrected chi connectivity index (χ0v) is 11.5. The lowest BCUT2D eigenvalue weighted by Crippen LogP contribution is -2.32. The highest BCUT2D eigenvalue weighted by Crippen LogP contribution is 2.21. The van der Waals surface area contributed by atoms with Crippen LogP contribution in [0.25, 0.3) is 0 Å². The van der Waals surface area contributed by atoms with Gasteiger partial charge in [-0.1, -0.05) is 0 Å². The van der Waals surface area contributed by atoms with Gasteiger partial charge in [-0.25, -0.2) is 0 Å². The first-order valence-electron chi connectivity index (χ1n) is 5.49. The van der Waals surface area contributed by atoms with Crippen LogP contribution in [0, 0.1) is 0 Å². The van der Waals surface area contributed by atoms with Crippen LogP contribution in [0.4, 0.5) is 5.69 Å². The fourth-order valence-corrected chi connectivity index (χ4v) is 1.63. The summed E-state index contributed by atoms with van der Waals surface area (Å²) in [5.41, 5.74) is 6.62. The molecule has 6 heteroatoms. The van der Waals surface area contributed by atoms with Crippen LogP contribution in [-0.4, -0.2) is 35.3 Å². The Morgan fingerprint density at radius 1 is 1.56 bits per heavy atom. The third-order valence-corrected chi connectivity index (χ3v) is 3.91. The lowest BCUT2D eigenvalue weighted by atomic mass is 10.2. The Bertz CT molecular complexity index is 463. The van der Waals surface area contributed by atoms with Crippen molar-refractivity contribution in [2.45, 2.75) is 12.2 Å². The smallest absolute Gasteiger partial charge is 0.251 e. The number of nitrogen functional groups attached to an aromatic ring is 1. The molecule has 0 fully saturated rings. The zero-order valence-electron chi connectivity index (χ0n) is 10.7. The normalized spacial score (nSPS) is 13.7. The van der Waals surface area contributed by atoms with Gasteiger partial charge >= 0.3 is 0 Å². The van der Waals surface area contributed by atoms with Crippen LogP contribution in [-0.2, 0) is 10.8 Å². The van der Waals surface area contributed by atoms with E-state index in [0.29, 0.717) is 23.5 Å². The van der Waals surface area contributed by atoms with E-state index in [1.807, 2.05) is 6.92 Å². The molecule has 5 nitrogen and oxygen atoms in total. The molecule has 1 aromatic rings. The molecule has 0 aliphatic heterocycles. The minimum Gasteiger partial charge on any atom is -0.495 e. The summed E-state index contributed by atoms with van der Waals surface area (Å²) in [4.78, 5) is 11.8. The summed E-state index contributed by atoms with van der Waals surface area (Å²) in [6.45, 7) is 2.19. The first-order valence-corrected chi connectivity index (χ1v) is 7.11. The van der Waals surface area contributed by atoms with E-state index in [-0.39, 0.29) is 11.2 Å². The molecule has 100 valence electrons. The van der Waals surface area contributed by atoms with Gasteiger partial charge in [0.05, 0.1) is 12.8 Å². The number of hydrogen-bond donors (Lipinski definition) is 2. The van der Waals surface area contributed by atoms with Crippen LogP contribution in [0.15, 0.2) is 18.2 Å². The van der Waals surface area contributed by atoms with E-state index in [0.717, 1.165) is 0 Å². The van der Waals surface area contributed by atoms with Gasteiger partial charge in [-0.15, -0.1) is 0 Å². The number of carbonyl (C=O) groups excluding carboxylic acids is 1. The van der Waals surface area contributed by atoms with Crippen molar-refractivity contribution >= 4 is 22.4 Å². The summed E-state index contributed by atoms with van der Waals surface area (Å²) in [5.74, 6) is 0.236. The molecule has 3 N–H and O–H groups in total. The van der Waals surface area contributed by atoms with Crippen LogP contribution < -0.4 is 15.8 Å². The van der Waals surface area contributed by atoms with Gasteiger partial charge in [0, 0.05) is 34.4 Å². The van der Waals surface area contributed by atoms with Gasteiger partial charge < -0.3 is 15.8 Å². The molecule has 0 heterocycles. The summed E-state index contributed by atoms with van der Waals surface area (Å²) in [7, 11) is 0.544. The molecule has 2 unspecified atom stereocenters. The van der Waals surface area contributed by atoms with Crippen molar-refractivity contribution < 1.29 is 13.7 Å². The minimum atomic E-state index is -0.952. The highest BCUT2D eigenvalue weighted by atomic mass is 32.2. The largest absolute Gasteiger partial charge is 0.495 e. The van der Waals surface area contributed by atoms with Crippen molar-refractivity contribution in [1.29, 1.82) is 0 Å². The van der Waals surface area contributed by atoms with Crippen LogP contribution >= 0.6 is 0 Å². The standard InChI is InChI=1S/C12H18N2O3S/c1-8(18(3)16)7-14-12(15)9-4-5-10(13)11(6-9)17-2/h4-6,8H,7,13H2,1-3H3,(H,14,15). The van der Waals surface area contributed by atoms with E-state index < -0.39 is 10.8 Å². The number of amides is 1. The van der Waals surface area contributed by atoms with Crippen molar-refractivity contribution in [2.75, 3.05) is 25.6 Å². The molecular weight excluding hydrogens is 252 g/mol. The minimum absolute atomic E-state index is 0.0790. The Hall–Kier alpha value is -1.56. The number of nitrogens with two attached hydrogens (primary N) is 1. The van der Waals surface area contributed by atoms with E-state index in [1.54, 1.807) is 24.5 Å². The second-order valence-electron chi connectivity index (χ2n) is 3.98. The van der Waals surface area contributed by atoms with Crippen LogP contribution in [0.5, 0.6) is 5.75 Å². The molecule has 0 aliphatic carbocycles.